The van der Waals surface area contributed by atoms with E-state index in [0.717, 1.165) is 6.42 Å². The fourth-order valence-corrected chi connectivity index (χ4v) is 3.85. The Kier molecular flexibility index (Phi) is 6.27. The number of halogens is 1. The molecule has 0 aromatic heterocycles. The molecule has 0 radical (unpaired) electrons. The van der Waals surface area contributed by atoms with Gasteiger partial charge in [-0.05, 0) is 30.2 Å². The van der Waals surface area contributed by atoms with Crippen LogP contribution in [0.4, 0.5) is 20.6 Å². The monoisotopic (exact) mass is 399 g/mol. The van der Waals surface area contributed by atoms with Crippen molar-refractivity contribution in [1.29, 1.82) is 0 Å². The lowest BCUT2D eigenvalue weighted by Crippen LogP contribution is -2.38. The quantitative estimate of drug-likeness (QED) is 0.809. The Bertz CT molecular complexity index is 827. The van der Waals surface area contributed by atoms with Crippen molar-refractivity contribution in [2.24, 2.45) is 0 Å². The number of nitrogens with one attached hydrogen (secondary N) is 2. The number of ether oxygens (including phenoxy) is 2. The zero-order valence-corrected chi connectivity index (χ0v) is 16.3. The summed E-state index contributed by atoms with van der Waals surface area (Å²) in [6, 6.07) is 14.4. The van der Waals surface area contributed by atoms with Crippen molar-refractivity contribution in [3.05, 3.63) is 59.9 Å². The van der Waals surface area contributed by atoms with Gasteiger partial charge in [0, 0.05) is 25.6 Å². The SMILES string of the molecule is O=C(NC[C@@H]1C[C@H](c2ccccc2)CO1)Nc1ccc(F)cc1N1CCOCC1. The summed E-state index contributed by atoms with van der Waals surface area (Å²) in [6.07, 6.45) is 0.859. The van der Waals surface area contributed by atoms with Crippen molar-refractivity contribution >= 4 is 17.4 Å². The predicted molar refractivity (Wildman–Crippen MR) is 110 cm³/mol. The Morgan fingerprint density at radius 3 is 2.72 bits per heavy atom. The molecule has 0 spiro atoms. The van der Waals surface area contributed by atoms with Crippen molar-refractivity contribution in [1.82, 2.24) is 5.32 Å². The van der Waals surface area contributed by atoms with Crippen LogP contribution in [0.1, 0.15) is 17.9 Å². The summed E-state index contributed by atoms with van der Waals surface area (Å²) in [5.41, 5.74) is 2.52. The highest BCUT2D eigenvalue weighted by atomic mass is 19.1. The lowest BCUT2D eigenvalue weighted by Gasteiger charge is -2.30. The molecule has 2 heterocycles. The van der Waals surface area contributed by atoms with Crippen molar-refractivity contribution < 1.29 is 18.7 Å². The van der Waals surface area contributed by atoms with E-state index in [1.807, 2.05) is 23.1 Å². The maximum Gasteiger partial charge on any atom is 0.319 e. The predicted octanol–water partition coefficient (Wildman–Crippen LogP) is 3.36. The number of benzene rings is 2. The number of amides is 2. The van der Waals surface area contributed by atoms with Crippen LogP contribution in [0.2, 0.25) is 0 Å². The molecule has 2 amide bonds. The number of anilines is 2. The van der Waals surface area contributed by atoms with Crippen LogP contribution in [0.25, 0.3) is 0 Å². The van der Waals surface area contributed by atoms with Crippen LogP contribution in [0.3, 0.4) is 0 Å². The molecule has 2 aromatic rings. The van der Waals surface area contributed by atoms with Gasteiger partial charge in [0.15, 0.2) is 0 Å². The summed E-state index contributed by atoms with van der Waals surface area (Å²) < 4.78 is 25.0. The van der Waals surface area contributed by atoms with Gasteiger partial charge in [0.25, 0.3) is 0 Å². The number of hydrogen-bond acceptors (Lipinski definition) is 4. The lowest BCUT2D eigenvalue weighted by atomic mass is 9.96. The first-order chi connectivity index (χ1) is 14.2. The summed E-state index contributed by atoms with van der Waals surface area (Å²) in [5, 5.41) is 5.73. The van der Waals surface area contributed by atoms with Crippen LogP contribution in [-0.2, 0) is 9.47 Å². The Morgan fingerprint density at radius 1 is 1.14 bits per heavy atom. The van der Waals surface area contributed by atoms with E-state index in [1.165, 1.54) is 17.7 Å². The lowest BCUT2D eigenvalue weighted by molar-refractivity contribution is 0.110. The summed E-state index contributed by atoms with van der Waals surface area (Å²) in [4.78, 5) is 14.4. The smallest absolute Gasteiger partial charge is 0.319 e. The van der Waals surface area contributed by atoms with Gasteiger partial charge in [0.05, 0.1) is 37.3 Å². The number of urea groups is 1. The van der Waals surface area contributed by atoms with Crippen molar-refractivity contribution in [3.63, 3.8) is 0 Å². The Hall–Kier alpha value is -2.64. The van der Waals surface area contributed by atoms with Crippen LogP contribution in [0.15, 0.2) is 48.5 Å². The van der Waals surface area contributed by atoms with E-state index in [9.17, 15) is 9.18 Å². The highest BCUT2D eigenvalue weighted by molar-refractivity contribution is 5.93. The van der Waals surface area contributed by atoms with E-state index in [4.69, 9.17) is 9.47 Å². The third kappa shape index (κ3) is 5.05. The first-order valence-electron chi connectivity index (χ1n) is 10.0. The van der Waals surface area contributed by atoms with Gasteiger partial charge < -0.3 is 25.0 Å². The van der Waals surface area contributed by atoms with Crippen LogP contribution in [0.5, 0.6) is 0 Å². The minimum atomic E-state index is -0.330. The molecule has 154 valence electrons. The number of morpholine rings is 1. The molecule has 0 unspecified atom stereocenters. The molecule has 4 rings (SSSR count). The number of carbonyl (C=O) groups is 1. The Morgan fingerprint density at radius 2 is 1.93 bits per heavy atom. The van der Waals surface area contributed by atoms with E-state index >= 15 is 0 Å². The summed E-state index contributed by atoms with van der Waals surface area (Å²) in [6.45, 7) is 3.60. The molecule has 2 fully saturated rings. The largest absolute Gasteiger partial charge is 0.378 e. The first kappa shape index (κ1) is 19.7. The highest BCUT2D eigenvalue weighted by Gasteiger charge is 2.27. The van der Waals surface area contributed by atoms with Gasteiger partial charge in [-0.2, -0.15) is 0 Å². The second-order valence-corrected chi connectivity index (χ2v) is 7.39. The summed E-state index contributed by atoms with van der Waals surface area (Å²) in [7, 11) is 0. The maximum absolute atomic E-state index is 13.8. The molecule has 2 saturated heterocycles. The maximum atomic E-state index is 13.8. The molecule has 2 aromatic carbocycles. The molecular formula is C22H26FN3O3. The third-order valence-corrected chi connectivity index (χ3v) is 5.40. The third-order valence-electron chi connectivity index (χ3n) is 5.40. The van der Waals surface area contributed by atoms with Gasteiger partial charge in [0.1, 0.15) is 5.82 Å². The highest BCUT2D eigenvalue weighted by Crippen LogP contribution is 2.29. The summed E-state index contributed by atoms with van der Waals surface area (Å²) in [5.74, 6) is 0.0276. The van der Waals surface area contributed by atoms with Gasteiger partial charge in [-0.3, -0.25) is 0 Å². The van der Waals surface area contributed by atoms with Crippen LogP contribution in [0, 0.1) is 5.82 Å². The molecule has 6 nitrogen and oxygen atoms in total. The van der Waals surface area contributed by atoms with Gasteiger partial charge in [0.2, 0.25) is 0 Å². The molecule has 2 aliphatic rings. The number of carbonyl (C=O) groups excluding carboxylic acids is 1. The number of rotatable bonds is 5. The van der Waals surface area contributed by atoms with Crippen molar-refractivity contribution in [2.75, 3.05) is 49.7 Å². The van der Waals surface area contributed by atoms with Crippen molar-refractivity contribution in [3.8, 4) is 0 Å². The fraction of sp³-hybridized carbons (Fsp3) is 0.409. The second kappa shape index (κ2) is 9.24. The zero-order chi connectivity index (χ0) is 20.1. The first-order valence-corrected chi connectivity index (χ1v) is 10.0. The van der Waals surface area contributed by atoms with E-state index in [1.54, 1.807) is 6.07 Å². The van der Waals surface area contributed by atoms with Crippen LogP contribution >= 0.6 is 0 Å². The number of nitrogens with zero attached hydrogens (tertiary/aromatic N) is 1. The number of hydrogen-bond donors (Lipinski definition) is 2. The topological polar surface area (TPSA) is 62.8 Å². The molecule has 2 N–H and O–H groups in total. The summed E-state index contributed by atoms with van der Waals surface area (Å²) >= 11 is 0. The Labute approximate surface area is 170 Å². The molecule has 0 saturated carbocycles. The average Bonchev–Trinajstić information content (AvgIpc) is 3.24. The molecule has 7 heteroatoms. The minimum absolute atomic E-state index is 0.0158. The van der Waals surface area contributed by atoms with E-state index in [0.29, 0.717) is 56.7 Å². The van der Waals surface area contributed by atoms with Gasteiger partial charge >= 0.3 is 6.03 Å². The molecule has 29 heavy (non-hydrogen) atoms. The molecule has 0 aliphatic carbocycles. The molecule has 0 bridgehead atoms. The van der Waals surface area contributed by atoms with Crippen LogP contribution < -0.4 is 15.5 Å². The molecule has 2 atom stereocenters. The van der Waals surface area contributed by atoms with Crippen LogP contribution in [-0.4, -0.2) is 51.6 Å². The van der Waals surface area contributed by atoms with E-state index in [-0.39, 0.29) is 18.0 Å². The molecular weight excluding hydrogens is 373 g/mol. The zero-order valence-electron chi connectivity index (χ0n) is 16.3. The van der Waals surface area contributed by atoms with Gasteiger partial charge in [-0.1, -0.05) is 30.3 Å². The van der Waals surface area contributed by atoms with E-state index < -0.39 is 0 Å². The van der Waals surface area contributed by atoms with E-state index in [2.05, 4.69) is 22.8 Å². The average molecular weight is 399 g/mol. The van der Waals surface area contributed by atoms with Crippen molar-refractivity contribution in [2.45, 2.75) is 18.4 Å². The standard InChI is InChI=1S/C22H26FN3O3/c23-18-6-7-20(21(13-18)26-8-10-28-11-9-26)25-22(27)24-14-19-12-17(15-29-19)16-4-2-1-3-5-16/h1-7,13,17,19H,8-12,14-15H2,(H2,24,25,27)/t17-,19-/m0/s1. The van der Waals surface area contributed by atoms with Gasteiger partial charge in [-0.25, -0.2) is 9.18 Å². The Balaban J connectivity index is 1.31. The second-order valence-electron chi connectivity index (χ2n) is 7.39. The molecule has 2 aliphatic heterocycles. The fourth-order valence-electron chi connectivity index (χ4n) is 3.85. The van der Waals surface area contributed by atoms with Gasteiger partial charge in [-0.15, -0.1) is 0 Å². The normalized spacial score (nSPS) is 21.8. The minimum Gasteiger partial charge on any atom is -0.378 e.